The van der Waals surface area contributed by atoms with Gasteiger partial charge in [-0.3, -0.25) is 4.90 Å². The third-order valence-electron chi connectivity index (χ3n) is 3.36. The van der Waals surface area contributed by atoms with E-state index in [1.807, 2.05) is 0 Å². The summed E-state index contributed by atoms with van der Waals surface area (Å²) in [5.41, 5.74) is 5.00. The second kappa shape index (κ2) is 3.52. The maximum atomic E-state index is 4.16. The van der Waals surface area contributed by atoms with Crippen molar-refractivity contribution in [1.82, 2.24) is 9.80 Å². The number of nitrogens with zero attached hydrogens (tertiary/aromatic N) is 2. The fraction of sp³-hybridized carbons (Fsp3) is 0.467. The zero-order chi connectivity index (χ0) is 13.0. The van der Waals surface area contributed by atoms with Crippen LogP contribution >= 0.6 is 0 Å². The minimum absolute atomic E-state index is 0.0871. The average Bonchev–Trinajstić information content (AvgIpc) is 2.37. The van der Waals surface area contributed by atoms with Crippen molar-refractivity contribution in [2.45, 2.75) is 47.1 Å². The van der Waals surface area contributed by atoms with Crippen LogP contribution in [0.5, 0.6) is 0 Å². The largest absolute Gasteiger partial charge is 0.325 e. The molecule has 0 amide bonds. The van der Waals surface area contributed by atoms with Crippen LogP contribution in [-0.2, 0) is 0 Å². The third kappa shape index (κ3) is 1.72. The Balaban J connectivity index is 2.57. The van der Waals surface area contributed by atoms with Gasteiger partial charge in [-0.15, -0.1) is 0 Å². The number of fused-ring (bicyclic) bond motifs is 1. The van der Waals surface area contributed by atoms with E-state index in [1.165, 1.54) is 22.8 Å². The highest BCUT2D eigenvalue weighted by Crippen LogP contribution is 2.42. The van der Waals surface area contributed by atoms with Crippen LogP contribution in [0.1, 0.15) is 41.5 Å². The van der Waals surface area contributed by atoms with Crippen molar-refractivity contribution in [2.75, 3.05) is 0 Å². The average molecular weight is 230 g/mol. The van der Waals surface area contributed by atoms with Crippen molar-refractivity contribution in [3.05, 3.63) is 47.2 Å². The minimum Gasteiger partial charge on any atom is -0.325 e. The first-order valence-corrected chi connectivity index (χ1v) is 6.10. The Hall–Kier alpha value is -1.44. The summed E-state index contributed by atoms with van der Waals surface area (Å²) in [6.07, 6.45) is 4.37. The van der Waals surface area contributed by atoms with Gasteiger partial charge in [-0.2, -0.15) is 0 Å². The summed E-state index contributed by atoms with van der Waals surface area (Å²) in [7, 11) is 0. The van der Waals surface area contributed by atoms with E-state index in [1.54, 1.807) is 0 Å². The molecule has 0 saturated heterocycles. The SMILES string of the molecule is C=C1C=C(C)C=C2N1C(C)=C(C)N2C(C)(C)C. The lowest BCUT2D eigenvalue weighted by Crippen LogP contribution is -2.39. The minimum atomic E-state index is 0.0871. The van der Waals surface area contributed by atoms with Crippen molar-refractivity contribution in [3.8, 4) is 0 Å². The number of rotatable bonds is 0. The highest BCUT2D eigenvalue weighted by molar-refractivity contribution is 5.45. The topological polar surface area (TPSA) is 6.48 Å². The van der Waals surface area contributed by atoms with E-state index in [4.69, 9.17) is 0 Å². The van der Waals surface area contributed by atoms with Gasteiger partial charge >= 0.3 is 0 Å². The van der Waals surface area contributed by atoms with Crippen molar-refractivity contribution < 1.29 is 0 Å². The summed E-state index contributed by atoms with van der Waals surface area (Å²) in [4.78, 5) is 4.64. The second-order valence-corrected chi connectivity index (χ2v) is 5.89. The van der Waals surface area contributed by atoms with Crippen LogP contribution in [0.2, 0.25) is 0 Å². The molecule has 0 aliphatic carbocycles. The predicted octanol–water partition coefficient (Wildman–Crippen LogP) is 3.97. The van der Waals surface area contributed by atoms with Gasteiger partial charge in [0.15, 0.2) is 0 Å². The van der Waals surface area contributed by atoms with Crippen LogP contribution in [0.15, 0.2) is 47.2 Å². The van der Waals surface area contributed by atoms with Crippen molar-refractivity contribution >= 4 is 0 Å². The first-order valence-electron chi connectivity index (χ1n) is 6.10. The highest BCUT2D eigenvalue weighted by Gasteiger charge is 2.37. The third-order valence-corrected chi connectivity index (χ3v) is 3.36. The van der Waals surface area contributed by atoms with Gasteiger partial charge in [-0.05, 0) is 59.3 Å². The molecular formula is C15H22N2. The second-order valence-electron chi connectivity index (χ2n) is 5.89. The monoisotopic (exact) mass is 230 g/mol. The Morgan fingerprint density at radius 2 is 1.59 bits per heavy atom. The molecule has 2 heteroatoms. The summed E-state index contributed by atoms with van der Waals surface area (Å²) >= 11 is 0. The van der Waals surface area contributed by atoms with E-state index in [2.05, 4.69) is 70.1 Å². The standard InChI is InChI=1S/C15H22N2/c1-10-8-11(2)16-12(3)13(4)17(14(16)9-10)15(5,6)7/h8-9H,2H2,1,3-7H3. The molecule has 2 rings (SSSR count). The zero-order valence-electron chi connectivity index (χ0n) is 11.8. The molecule has 0 aromatic carbocycles. The molecule has 0 saturated carbocycles. The van der Waals surface area contributed by atoms with Gasteiger partial charge in [0.25, 0.3) is 0 Å². The molecular weight excluding hydrogens is 208 g/mol. The van der Waals surface area contributed by atoms with Crippen LogP contribution in [0, 0.1) is 0 Å². The summed E-state index contributed by atoms with van der Waals surface area (Å²) in [5.74, 6) is 1.23. The Bertz CT molecular complexity index is 470. The Morgan fingerprint density at radius 1 is 1.00 bits per heavy atom. The summed E-state index contributed by atoms with van der Waals surface area (Å²) in [5, 5.41) is 0. The van der Waals surface area contributed by atoms with Gasteiger partial charge < -0.3 is 4.90 Å². The Morgan fingerprint density at radius 3 is 2.12 bits per heavy atom. The quantitative estimate of drug-likeness (QED) is 0.621. The lowest BCUT2D eigenvalue weighted by molar-refractivity contribution is 0.220. The number of hydrogen-bond acceptors (Lipinski definition) is 2. The van der Waals surface area contributed by atoms with Crippen molar-refractivity contribution in [1.29, 1.82) is 0 Å². The molecule has 2 aliphatic heterocycles. The molecule has 0 aromatic heterocycles. The molecule has 0 bridgehead atoms. The summed E-state index contributed by atoms with van der Waals surface area (Å²) in [6, 6.07) is 0. The molecule has 0 spiro atoms. The molecule has 2 heterocycles. The lowest BCUT2D eigenvalue weighted by atomic mass is 10.0. The smallest absolute Gasteiger partial charge is 0.118 e. The molecule has 0 atom stereocenters. The van der Waals surface area contributed by atoms with Gasteiger partial charge in [0.05, 0.1) is 0 Å². The molecule has 2 aliphatic rings. The first kappa shape index (κ1) is 12.0. The van der Waals surface area contributed by atoms with E-state index in [9.17, 15) is 0 Å². The van der Waals surface area contributed by atoms with E-state index in [0.29, 0.717) is 0 Å². The molecule has 17 heavy (non-hydrogen) atoms. The first-order chi connectivity index (χ1) is 7.73. The van der Waals surface area contributed by atoms with E-state index in [-0.39, 0.29) is 5.54 Å². The molecule has 0 N–H and O–H groups in total. The summed E-state index contributed by atoms with van der Waals surface area (Å²) in [6.45, 7) is 17.3. The summed E-state index contributed by atoms with van der Waals surface area (Å²) < 4.78 is 0. The Labute approximate surface area is 105 Å². The maximum absolute atomic E-state index is 4.16. The van der Waals surface area contributed by atoms with E-state index >= 15 is 0 Å². The van der Waals surface area contributed by atoms with E-state index in [0.717, 1.165) is 5.70 Å². The molecule has 2 nitrogen and oxygen atoms in total. The van der Waals surface area contributed by atoms with Gasteiger partial charge in [-0.1, -0.05) is 6.58 Å². The van der Waals surface area contributed by atoms with Crippen LogP contribution in [-0.4, -0.2) is 15.3 Å². The lowest BCUT2D eigenvalue weighted by Gasteiger charge is -2.38. The fourth-order valence-corrected chi connectivity index (χ4v) is 2.68. The highest BCUT2D eigenvalue weighted by atomic mass is 15.4. The van der Waals surface area contributed by atoms with Crippen molar-refractivity contribution in [3.63, 3.8) is 0 Å². The predicted molar refractivity (Wildman–Crippen MR) is 72.8 cm³/mol. The van der Waals surface area contributed by atoms with Gasteiger partial charge in [0, 0.05) is 22.6 Å². The normalized spacial score (nSPS) is 20.7. The Kier molecular flexibility index (Phi) is 2.49. The van der Waals surface area contributed by atoms with Crippen LogP contribution in [0.3, 0.4) is 0 Å². The zero-order valence-corrected chi connectivity index (χ0v) is 11.8. The molecule has 0 aromatic rings. The van der Waals surface area contributed by atoms with Crippen molar-refractivity contribution in [2.24, 2.45) is 0 Å². The fourth-order valence-electron chi connectivity index (χ4n) is 2.68. The van der Waals surface area contributed by atoms with Gasteiger partial charge in [0.1, 0.15) is 5.82 Å². The van der Waals surface area contributed by atoms with Gasteiger partial charge in [0.2, 0.25) is 0 Å². The maximum Gasteiger partial charge on any atom is 0.118 e. The molecule has 0 fully saturated rings. The van der Waals surface area contributed by atoms with Crippen LogP contribution in [0.4, 0.5) is 0 Å². The molecule has 92 valence electrons. The van der Waals surface area contributed by atoms with E-state index < -0.39 is 0 Å². The number of hydrogen-bond donors (Lipinski definition) is 0. The van der Waals surface area contributed by atoms with Gasteiger partial charge in [-0.25, -0.2) is 0 Å². The molecule has 0 radical (unpaired) electrons. The molecule has 0 unspecified atom stereocenters. The van der Waals surface area contributed by atoms with Crippen LogP contribution in [0.25, 0.3) is 0 Å². The van der Waals surface area contributed by atoms with Crippen LogP contribution < -0.4 is 0 Å². The number of allylic oxidation sites excluding steroid dienone is 5.